The normalized spacial score (nSPS) is 28.1. The van der Waals surface area contributed by atoms with E-state index < -0.39 is 0 Å². The Hall–Kier alpha value is -1.71. The molecule has 0 heterocycles. The molecule has 26 heavy (non-hydrogen) atoms. The number of benzene rings is 2. The summed E-state index contributed by atoms with van der Waals surface area (Å²) in [5.41, 5.74) is 9.51. The van der Waals surface area contributed by atoms with Gasteiger partial charge in [-0.05, 0) is 67.7 Å². The first kappa shape index (κ1) is 17.7. The molecule has 0 saturated heterocycles. The number of hydrogen-bond acceptors (Lipinski definition) is 2. The molecule has 0 spiro atoms. The van der Waals surface area contributed by atoms with Gasteiger partial charge in [-0.1, -0.05) is 42.5 Å². The van der Waals surface area contributed by atoms with Gasteiger partial charge in [0.15, 0.2) is 0 Å². The van der Waals surface area contributed by atoms with Crippen LogP contribution in [0.2, 0.25) is 0 Å². The maximum atomic E-state index is 13.7. The molecule has 0 amide bonds. The highest BCUT2D eigenvalue weighted by molar-refractivity contribution is 5.32. The summed E-state index contributed by atoms with van der Waals surface area (Å²) in [6.07, 6.45) is 7.65. The van der Waals surface area contributed by atoms with E-state index in [0.717, 1.165) is 31.2 Å². The van der Waals surface area contributed by atoms with Gasteiger partial charge < -0.3 is 11.1 Å². The molecule has 2 aromatic rings. The van der Waals surface area contributed by atoms with Gasteiger partial charge in [-0.2, -0.15) is 0 Å². The number of halogens is 1. The second-order valence-corrected chi connectivity index (χ2v) is 8.06. The van der Waals surface area contributed by atoms with E-state index in [1.54, 1.807) is 12.1 Å². The van der Waals surface area contributed by atoms with Crippen molar-refractivity contribution in [2.24, 2.45) is 5.73 Å². The Morgan fingerprint density at radius 3 is 2.38 bits per heavy atom. The Morgan fingerprint density at radius 2 is 1.65 bits per heavy atom. The first-order chi connectivity index (χ1) is 12.7. The Labute approximate surface area is 156 Å². The van der Waals surface area contributed by atoms with Crippen LogP contribution in [0.5, 0.6) is 0 Å². The molecule has 2 fully saturated rings. The minimum atomic E-state index is -0.0975. The SMILES string of the molecule is NC1CCC(N[C@H]2CC2c2ccc(CCc3ccccc3F)cc2)CC1. The Balaban J connectivity index is 1.27. The van der Waals surface area contributed by atoms with Crippen molar-refractivity contribution in [3.8, 4) is 0 Å². The van der Waals surface area contributed by atoms with Crippen LogP contribution in [-0.2, 0) is 12.8 Å². The minimum Gasteiger partial charge on any atom is -0.328 e. The van der Waals surface area contributed by atoms with Crippen molar-refractivity contribution in [2.45, 2.75) is 69.0 Å². The third-order valence-corrected chi connectivity index (χ3v) is 6.06. The van der Waals surface area contributed by atoms with Gasteiger partial charge in [-0.25, -0.2) is 4.39 Å². The zero-order chi connectivity index (χ0) is 17.9. The third-order valence-electron chi connectivity index (χ3n) is 6.06. The molecule has 0 aliphatic heterocycles. The summed E-state index contributed by atoms with van der Waals surface area (Å²) in [4.78, 5) is 0. The van der Waals surface area contributed by atoms with Gasteiger partial charge in [0.25, 0.3) is 0 Å². The highest BCUT2D eigenvalue weighted by atomic mass is 19.1. The molecule has 2 saturated carbocycles. The third kappa shape index (κ3) is 4.33. The van der Waals surface area contributed by atoms with Gasteiger partial charge >= 0.3 is 0 Å². The molecule has 3 N–H and O–H groups in total. The molecule has 1 unspecified atom stereocenters. The number of nitrogens with two attached hydrogens (primary N) is 1. The molecule has 2 aromatic carbocycles. The Bertz CT molecular complexity index is 719. The van der Waals surface area contributed by atoms with E-state index in [-0.39, 0.29) is 5.82 Å². The summed E-state index contributed by atoms with van der Waals surface area (Å²) >= 11 is 0. The van der Waals surface area contributed by atoms with E-state index in [1.165, 1.54) is 30.4 Å². The summed E-state index contributed by atoms with van der Waals surface area (Å²) in [5, 5.41) is 3.83. The summed E-state index contributed by atoms with van der Waals surface area (Å²) in [6, 6.07) is 17.7. The van der Waals surface area contributed by atoms with Crippen molar-refractivity contribution in [3.63, 3.8) is 0 Å². The van der Waals surface area contributed by atoms with Crippen LogP contribution in [-0.4, -0.2) is 18.1 Å². The van der Waals surface area contributed by atoms with Crippen molar-refractivity contribution in [2.75, 3.05) is 0 Å². The summed E-state index contributed by atoms with van der Waals surface area (Å²) < 4.78 is 13.7. The average Bonchev–Trinajstić information content (AvgIpc) is 3.43. The molecular weight excluding hydrogens is 323 g/mol. The second-order valence-electron chi connectivity index (χ2n) is 8.06. The van der Waals surface area contributed by atoms with Crippen molar-refractivity contribution in [3.05, 3.63) is 71.0 Å². The lowest BCUT2D eigenvalue weighted by atomic mass is 9.92. The standard InChI is InChI=1S/C23H29FN2/c24-22-4-2-1-3-18(22)10-7-16-5-8-17(9-6-16)21-15-23(21)26-20-13-11-19(25)12-14-20/h1-6,8-9,19-21,23,26H,7,10-15,25H2/t19?,20?,21?,23-/m0/s1. The molecule has 0 aromatic heterocycles. The fourth-order valence-electron chi connectivity index (χ4n) is 4.25. The quantitative estimate of drug-likeness (QED) is 0.812. The number of hydrogen-bond donors (Lipinski definition) is 2. The van der Waals surface area contributed by atoms with Crippen LogP contribution < -0.4 is 11.1 Å². The Morgan fingerprint density at radius 1 is 0.923 bits per heavy atom. The average molecular weight is 352 g/mol. The van der Waals surface area contributed by atoms with E-state index in [4.69, 9.17) is 5.73 Å². The first-order valence-corrected chi connectivity index (χ1v) is 10.0. The highest BCUT2D eigenvalue weighted by Crippen LogP contribution is 2.41. The zero-order valence-electron chi connectivity index (χ0n) is 15.3. The summed E-state index contributed by atoms with van der Waals surface area (Å²) in [5.74, 6) is 0.561. The molecule has 3 heteroatoms. The maximum absolute atomic E-state index is 13.7. The fourth-order valence-corrected chi connectivity index (χ4v) is 4.25. The summed E-state index contributed by atoms with van der Waals surface area (Å²) in [6.45, 7) is 0. The second kappa shape index (κ2) is 7.89. The van der Waals surface area contributed by atoms with Gasteiger partial charge in [0.2, 0.25) is 0 Å². The van der Waals surface area contributed by atoms with Crippen LogP contribution in [0, 0.1) is 5.82 Å². The molecule has 2 nitrogen and oxygen atoms in total. The van der Waals surface area contributed by atoms with Crippen LogP contribution in [0.1, 0.15) is 54.7 Å². The van der Waals surface area contributed by atoms with Crippen LogP contribution in [0.25, 0.3) is 0 Å². The maximum Gasteiger partial charge on any atom is 0.126 e. The van der Waals surface area contributed by atoms with Crippen molar-refractivity contribution in [1.82, 2.24) is 5.32 Å². The predicted octanol–water partition coefficient (Wildman–Crippen LogP) is 4.33. The predicted molar refractivity (Wildman–Crippen MR) is 105 cm³/mol. The molecule has 0 radical (unpaired) electrons. The number of nitrogens with one attached hydrogen (secondary N) is 1. The van der Waals surface area contributed by atoms with E-state index >= 15 is 0 Å². The molecule has 0 bridgehead atoms. The monoisotopic (exact) mass is 352 g/mol. The molecule has 4 rings (SSSR count). The first-order valence-electron chi connectivity index (χ1n) is 10.0. The van der Waals surface area contributed by atoms with Crippen LogP contribution >= 0.6 is 0 Å². The smallest absolute Gasteiger partial charge is 0.126 e. The van der Waals surface area contributed by atoms with Gasteiger partial charge in [0.1, 0.15) is 5.82 Å². The van der Waals surface area contributed by atoms with Crippen molar-refractivity contribution in [1.29, 1.82) is 0 Å². The largest absolute Gasteiger partial charge is 0.328 e. The van der Waals surface area contributed by atoms with Gasteiger partial charge in [0.05, 0.1) is 0 Å². The highest BCUT2D eigenvalue weighted by Gasteiger charge is 2.39. The lowest BCUT2D eigenvalue weighted by Gasteiger charge is -2.27. The van der Waals surface area contributed by atoms with E-state index in [9.17, 15) is 4.39 Å². The lowest BCUT2D eigenvalue weighted by molar-refractivity contribution is 0.339. The summed E-state index contributed by atoms with van der Waals surface area (Å²) in [7, 11) is 0. The number of rotatable bonds is 6. The fraction of sp³-hybridized carbons (Fsp3) is 0.478. The van der Waals surface area contributed by atoms with Gasteiger partial charge in [-0.15, -0.1) is 0 Å². The number of aryl methyl sites for hydroxylation is 2. The van der Waals surface area contributed by atoms with E-state index in [1.807, 2.05) is 12.1 Å². The van der Waals surface area contributed by atoms with Crippen LogP contribution in [0.15, 0.2) is 48.5 Å². The molecule has 138 valence electrons. The van der Waals surface area contributed by atoms with Crippen molar-refractivity contribution < 1.29 is 4.39 Å². The van der Waals surface area contributed by atoms with Crippen LogP contribution in [0.4, 0.5) is 4.39 Å². The van der Waals surface area contributed by atoms with E-state index in [2.05, 4.69) is 29.6 Å². The van der Waals surface area contributed by atoms with E-state index in [0.29, 0.717) is 24.0 Å². The molecular formula is C23H29FN2. The van der Waals surface area contributed by atoms with Crippen molar-refractivity contribution >= 4 is 0 Å². The Kier molecular flexibility index (Phi) is 5.37. The van der Waals surface area contributed by atoms with Gasteiger partial charge in [0, 0.05) is 24.0 Å². The van der Waals surface area contributed by atoms with Gasteiger partial charge in [-0.3, -0.25) is 0 Å². The topological polar surface area (TPSA) is 38.0 Å². The molecule has 2 aliphatic rings. The van der Waals surface area contributed by atoms with Crippen LogP contribution in [0.3, 0.4) is 0 Å². The lowest BCUT2D eigenvalue weighted by Crippen LogP contribution is -2.38. The zero-order valence-corrected chi connectivity index (χ0v) is 15.3. The molecule has 2 aliphatic carbocycles. The molecule has 2 atom stereocenters. The minimum absolute atomic E-state index is 0.0975.